The summed E-state index contributed by atoms with van der Waals surface area (Å²) in [6, 6.07) is 7.04. The van der Waals surface area contributed by atoms with Crippen molar-refractivity contribution < 1.29 is 0 Å². The molecule has 0 spiro atoms. The van der Waals surface area contributed by atoms with Gasteiger partial charge in [-0.15, -0.1) is 0 Å². The van der Waals surface area contributed by atoms with Crippen LogP contribution in [0, 0.1) is 18.3 Å². The molecule has 3 nitrogen and oxygen atoms in total. The van der Waals surface area contributed by atoms with Crippen LogP contribution in [-0.4, -0.2) is 18.4 Å². The van der Waals surface area contributed by atoms with Crippen LogP contribution < -0.4 is 10.6 Å². The molecule has 2 fully saturated rings. The summed E-state index contributed by atoms with van der Waals surface area (Å²) in [5.41, 5.74) is 9.09. The average molecular weight is 271 g/mol. The molecule has 2 atom stereocenters. The number of amidine groups is 1. The first-order valence-corrected chi connectivity index (χ1v) is 7.88. The van der Waals surface area contributed by atoms with E-state index in [1.165, 1.54) is 49.8 Å². The van der Waals surface area contributed by atoms with Crippen molar-refractivity contribution >= 4 is 11.5 Å². The van der Waals surface area contributed by atoms with E-state index in [1.54, 1.807) is 0 Å². The molecular formula is C17H25N3. The van der Waals surface area contributed by atoms with Gasteiger partial charge in [-0.1, -0.05) is 24.5 Å². The first-order chi connectivity index (χ1) is 9.66. The molecule has 1 heterocycles. The fraction of sp³-hybridized carbons (Fsp3) is 0.588. The largest absolute Gasteiger partial charge is 0.384 e. The molecule has 0 aromatic heterocycles. The molecule has 20 heavy (non-hydrogen) atoms. The Morgan fingerprint density at radius 3 is 2.75 bits per heavy atom. The van der Waals surface area contributed by atoms with Crippen LogP contribution in [0.1, 0.15) is 49.7 Å². The predicted molar refractivity (Wildman–Crippen MR) is 84.5 cm³/mol. The van der Waals surface area contributed by atoms with Crippen LogP contribution in [0.25, 0.3) is 0 Å². The van der Waals surface area contributed by atoms with E-state index in [-0.39, 0.29) is 5.84 Å². The number of nitrogens with zero attached hydrogens (tertiary/aromatic N) is 1. The topological polar surface area (TPSA) is 53.1 Å². The molecule has 1 saturated carbocycles. The minimum Gasteiger partial charge on any atom is -0.384 e. The van der Waals surface area contributed by atoms with Gasteiger partial charge in [0.1, 0.15) is 5.84 Å². The van der Waals surface area contributed by atoms with Crippen LogP contribution in [0.4, 0.5) is 5.69 Å². The highest BCUT2D eigenvalue weighted by atomic mass is 15.2. The molecule has 1 aromatic carbocycles. The highest BCUT2D eigenvalue weighted by molar-refractivity contribution is 6.00. The molecule has 1 aliphatic carbocycles. The van der Waals surface area contributed by atoms with E-state index in [0.29, 0.717) is 6.04 Å². The molecule has 3 heteroatoms. The Balaban J connectivity index is 1.96. The van der Waals surface area contributed by atoms with Crippen LogP contribution in [0.15, 0.2) is 18.2 Å². The highest BCUT2D eigenvalue weighted by Crippen LogP contribution is 2.38. The Labute approximate surface area is 121 Å². The maximum Gasteiger partial charge on any atom is 0.124 e. The minimum absolute atomic E-state index is 0.196. The zero-order valence-corrected chi connectivity index (χ0v) is 12.4. The Hall–Kier alpha value is -1.51. The summed E-state index contributed by atoms with van der Waals surface area (Å²) in [7, 11) is 0. The number of benzene rings is 1. The second-order valence-corrected chi connectivity index (χ2v) is 6.38. The van der Waals surface area contributed by atoms with E-state index in [0.717, 1.165) is 18.0 Å². The van der Waals surface area contributed by atoms with Crippen molar-refractivity contribution in [3.05, 3.63) is 29.3 Å². The standard InChI is InChI=1S/C17H25N3/c1-12-8-9-16(14(11-12)17(18)19)20-10-4-6-13-5-2-3-7-15(13)20/h8-9,11,13,15H,2-7,10H2,1H3,(H3,18,19). The lowest BCUT2D eigenvalue weighted by Gasteiger charge is -2.46. The van der Waals surface area contributed by atoms with Gasteiger partial charge in [0.15, 0.2) is 0 Å². The fourth-order valence-electron chi connectivity index (χ4n) is 4.04. The summed E-state index contributed by atoms with van der Waals surface area (Å²) in [5, 5.41) is 7.87. The lowest BCUT2D eigenvalue weighted by Crippen LogP contribution is -2.47. The molecule has 2 aliphatic rings. The zero-order valence-electron chi connectivity index (χ0n) is 12.4. The van der Waals surface area contributed by atoms with Crippen molar-refractivity contribution in [3.8, 4) is 0 Å². The summed E-state index contributed by atoms with van der Waals surface area (Å²) in [4.78, 5) is 2.55. The van der Waals surface area contributed by atoms with Gasteiger partial charge in [0.05, 0.1) is 0 Å². The summed E-state index contributed by atoms with van der Waals surface area (Å²) < 4.78 is 0. The second kappa shape index (κ2) is 5.47. The van der Waals surface area contributed by atoms with Crippen LogP contribution in [-0.2, 0) is 0 Å². The van der Waals surface area contributed by atoms with Gasteiger partial charge in [-0.2, -0.15) is 0 Å². The minimum atomic E-state index is 0.196. The maximum absolute atomic E-state index is 7.87. The molecule has 2 unspecified atom stereocenters. The highest BCUT2D eigenvalue weighted by Gasteiger charge is 2.34. The molecule has 0 amide bonds. The van der Waals surface area contributed by atoms with Gasteiger partial charge in [-0.3, -0.25) is 5.41 Å². The molecule has 3 rings (SSSR count). The Morgan fingerprint density at radius 2 is 1.95 bits per heavy atom. The van der Waals surface area contributed by atoms with E-state index >= 15 is 0 Å². The van der Waals surface area contributed by atoms with Crippen molar-refractivity contribution in [2.75, 3.05) is 11.4 Å². The van der Waals surface area contributed by atoms with E-state index in [4.69, 9.17) is 11.1 Å². The van der Waals surface area contributed by atoms with Crippen LogP contribution >= 0.6 is 0 Å². The van der Waals surface area contributed by atoms with Gasteiger partial charge >= 0.3 is 0 Å². The number of nitrogens with two attached hydrogens (primary N) is 1. The van der Waals surface area contributed by atoms with Crippen molar-refractivity contribution in [3.63, 3.8) is 0 Å². The normalized spacial score (nSPS) is 26.1. The number of nitrogens with one attached hydrogen (secondary N) is 1. The third-order valence-corrected chi connectivity index (χ3v) is 4.99. The Morgan fingerprint density at radius 1 is 1.20 bits per heavy atom. The maximum atomic E-state index is 7.87. The van der Waals surface area contributed by atoms with Crippen LogP contribution in [0.2, 0.25) is 0 Å². The van der Waals surface area contributed by atoms with E-state index in [9.17, 15) is 0 Å². The first kappa shape index (κ1) is 13.5. The average Bonchev–Trinajstić information content (AvgIpc) is 2.46. The van der Waals surface area contributed by atoms with E-state index < -0.39 is 0 Å². The van der Waals surface area contributed by atoms with Crippen molar-refractivity contribution in [2.45, 2.75) is 51.5 Å². The first-order valence-electron chi connectivity index (χ1n) is 7.88. The van der Waals surface area contributed by atoms with Gasteiger partial charge in [-0.05, 0) is 50.7 Å². The summed E-state index contributed by atoms with van der Waals surface area (Å²) in [6.45, 7) is 3.18. The molecule has 3 N–H and O–H groups in total. The summed E-state index contributed by atoms with van der Waals surface area (Å²) in [6.07, 6.45) is 8.06. The van der Waals surface area contributed by atoms with Gasteiger partial charge < -0.3 is 10.6 Å². The van der Waals surface area contributed by atoms with Crippen LogP contribution in [0.5, 0.6) is 0 Å². The number of piperidine rings is 1. The SMILES string of the molecule is Cc1ccc(N2CCCC3CCCCC32)c(C(=N)N)c1. The van der Waals surface area contributed by atoms with E-state index in [2.05, 4.69) is 30.0 Å². The molecule has 108 valence electrons. The second-order valence-electron chi connectivity index (χ2n) is 6.38. The fourth-order valence-corrected chi connectivity index (χ4v) is 4.04. The van der Waals surface area contributed by atoms with Crippen molar-refractivity contribution in [1.82, 2.24) is 0 Å². The molecule has 0 bridgehead atoms. The molecule has 0 radical (unpaired) electrons. The Bertz CT molecular complexity index is 507. The lowest BCUT2D eigenvalue weighted by molar-refractivity contribution is 0.244. The van der Waals surface area contributed by atoms with Crippen molar-refractivity contribution in [1.29, 1.82) is 5.41 Å². The van der Waals surface area contributed by atoms with Gasteiger partial charge in [0.25, 0.3) is 0 Å². The third kappa shape index (κ3) is 2.41. The molecule has 1 saturated heterocycles. The number of hydrogen-bond acceptors (Lipinski definition) is 2. The lowest BCUT2D eigenvalue weighted by atomic mass is 9.78. The van der Waals surface area contributed by atoms with Crippen molar-refractivity contribution in [2.24, 2.45) is 11.7 Å². The smallest absolute Gasteiger partial charge is 0.124 e. The van der Waals surface area contributed by atoms with Gasteiger partial charge in [0, 0.05) is 23.8 Å². The van der Waals surface area contributed by atoms with E-state index in [1.807, 2.05) is 0 Å². The predicted octanol–water partition coefficient (Wildman–Crippen LogP) is 3.44. The third-order valence-electron chi connectivity index (χ3n) is 4.99. The number of hydrogen-bond donors (Lipinski definition) is 2. The number of rotatable bonds is 2. The molecule has 1 aliphatic heterocycles. The van der Waals surface area contributed by atoms with Gasteiger partial charge in [0.2, 0.25) is 0 Å². The number of nitrogen functional groups attached to an aromatic ring is 1. The monoisotopic (exact) mass is 271 g/mol. The summed E-state index contributed by atoms with van der Waals surface area (Å²) >= 11 is 0. The van der Waals surface area contributed by atoms with Crippen LogP contribution in [0.3, 0.4) is 0 Å². The number of aryl methyl sites for hydroxylation is 1. The number of fused-ring (bicyclic) bond motifs is 1. The molecular weight excluding hydrogens is 246 g/mol. The molecule has 1 aromatic rings. The Kier molecular flexibility index (Phi) is 3.68. The zero-order chi connectivity index (χ0) is 14.1. The number of anilines is 1. The van der Waals surface area contributed by atoms with Gasteiger partial charge in [-0.25, -0.2) is 0 Å². The summed E-state index contributed by atoms with van der Waals surface area (Å²) in [5.74, 6) is 1.04. The quantitative estimate of drug-likeness (QED) is 0.639.